The molecule has 0 aliphatic carbocycles. The van der Waals surface area contributed by atoms with Crippen molar-refractivity contribution < 1.29 is 0 Å². The van der Waals surface area contributed by atoms with Crippen molar-refractivity contribution in [3.8, 4) is 6.07 Å². The molecule has 1 fully saturated rings. The lowest BCUT2D eigenvalue weighted by atomic mass is 9.65. The van der Waals surface area contributed by atoms with E-state index in [4.69, 9.17) is 4.74 Å². The topological polar surface area (TPSA) is 39.4 Å². The van der Waals surface area contributed by atoms with E-state index >= 15 is 0 Å². The Hall–Kier alpha value is -3.44. The number of nitrogens with zero attached hydrogens (tertiary/aromatic N) is 3. The van der Waals surface area contributed by atoms with Gasteiger partial charge in [0.05, 0.1) is 13.1 Å². The van der Waals surface area contributed by atoms with Crippen LogP contribution < -0.4 is 15.9 Å². The van der Waals surface area contributed by atoms with E-state index in [9.17, 15) is 5.26 Å². The SMILES string of the molecule is CCCCC(CN=P(c1ccccc1)(c1ccccc1)c1ccccc1)C1(CC#N)CCN(Cc2ccccc2)CC1. The van der Waals surface area contributed by atoms with Crippen molar-refractivity contribution in [3.05, 3.63) is 127 Å². The van der Waals surface area contributed by atoms with Gasteiger partial charge >= 0.3 is 0 Å². The normalized spacial score (nSPS) is 15.9. The van der Waals surface area contributed by atoms with Crippen molar-refractivity contribution in [1.82, 2.24) is 4.90 Å². The third-order valence-electron chi connectivity index (χ3n) is 9.21. The lowest BCUT2D eigenvalue weighted by molar-refractivity contribution is 0.0462. The Labute approximate surface area is 253 Å². The maximum atomic E-state index is 10.1. The first-order valence-electron chi connectivity index (χ1n) is 15.6. The molecule has 0 N–H and O–H groups in total. The zero-order valence-corrected chi connectivity index (χ0v) is 25.9. The molecule has 0 spiro atoms. The molecule has 4 aromatic carbocycles. The summed E-state index contributed by atoms with van der Waals surface area (Å²) in [6, 6.07) is 46.3. The van der Waals surface area contributed by atoms with Gasteiger partial charge in [-0.1, -0.05) is 141 Å². The third-order valence-corrected chi connectivity index (χ3v) is 12.9. The molecular weight excluding hydrogens is 529 g/mol. The van der Waals surface area contributed by atoms with Gasteiger partial charge in [0.25, 0.3) is 0 Å². The van der Waals surface area contributed by atoms with Crippen LogP contribution in [-0.2, 0) is 6.54 Å². The van der Waals surface area contributed by atoms with E-state index in [1.165, 1.54) is 27.9 Å². The summed E-state index contributed by atoms with van der Waals surface area (Å²) in [5.41, 5.74) is 1.37. The molecule has 1 aliphatic heterocycles. The number of piperidine rings is 1. The molecule has 0 bridgehead atoms. The summed E-state index contributed by atoms with van der Waals surface area (Å²) in [6.07, 6.45) is 6.20. The Morgan fingerprint density at radius 3 is 1.69 bits per heavy atom. The van der Waals surface area contributed by atoms with E-state index in [1.54, 1.807) is 0 Å². The highest BCUT2D eigenvalue weighted by Crippen LogP contribution is 2.50. The molecule has 0 amide bonds. The molecular formula is C38H44N3P. The minimum absolute atomic E-state index is 0.000329. The summed E-state index contributed by atoms with van der Waals surface area (Å²) >= 11 is 0. The van der Waals surface area contributed by atoms with Crippen molar-refractivity contribution in [2.45, 2.75) is 52.0 Å². The van der Waals surface area contributed by atoms with Gasteiger partial charge in [0.15, 0.2) is 0 Å². The Morgan fingerprint density at radius 1 is 0.762 bits per heavy atom. The molecule has 3 nitrogen and oxygen atoms in total. The van der Waals surface area contributed by atoms with Gasteiger partial charge in [-0.2, -0.15) is 5.26 Å². The maximum absolute atomic E-state index is 10.1. The van der Waals surface area contributed by atoms with Crippen LogP contribution in [0.25, 0.3) is 0 Å². The van der Waals surface area contributed by atoms with Crippen molar-refractivity contribution in [3.63, 3.8) is 0 Å². The van der Waals surface area contributed by atoms with E-state index in [1.807, 2.05) is 0 Å². The standard InChI is InChI=1S/C38H44N3P/c1-2-3-18-34(38(25-28-39)26-29-41(30-27-38)32-33-16-8-4-9-17-33)31-40-42(35-19-10-5-11-20-35,36-21-12-6-13-22-36)37-23-14-7-15-24-37/h4-17,19-24,34H,2-3,18,25-27,29-32H2,1H3. The number of hydrogen-bond acceptors (Lipinski definition) is 3. The monoisotopic (exact) mass is 573 g/mol. The van der Waals surface area contributed by atoms with Crippen LogP contribution in [0.15, 0.2) is 126 Å². The molecule has 216 valence electrons. The van der Waals surface area contributed by atoms with Crippen LogP contribution in [0.2, 0.25) is 0 Å². The van der Waals surface area contributed by atoms with Crippen LogP contribution in [0.3, 0.4) is 0 Å². The van der Waals surface area contributed by atoms with E-state index in [0.717, 1.165) is 51.9 Å². The Bertz CT molecular complexity index is 1350. The number of hydrogen-bond donors (Lipinski definition) is 0. The van der Waals surface area contributed by atoms with Crippen molar-refractivity contribution in [2.24, 2.45) is 16.1 Å². The first-order chi connectivity index (χ1) is 20.7. The molecule has 1 atom stereocenters. The Morgan fingerprint density at radius 2 is 1.24 bits per heavy atom. The highest BCUT2D eigenvalue weighted by Gasteiger charge is 2.41. The lowest BCUT2D eigenvalue weighted by Gasteiger charge is -2.46. The minimum Gasteiger partial charge on any atom is -0.299 e. The van der Waals surface area contributed by atoms with Gasteiger partial charge in [-0.05, 0) is 49.2 Å². The third kappa shape index (κ3) is 6.78. The fourth-order valence-electron chi connectivity index (χ4n) is 6.77. The van der Waals surface area contributed by atoms with E-state index < -0.39 is 7.05 Å². The number of nitriles is 1. The average Bonchev–Trinajstić information content (AvgIpc) is 3.06. The molecule has 42 heavy (non-hydrogen) atoms. The zero-order chi connectivity index (χ0) is 29.1. The van der Waals surface area contributed by atoms with Gasteiger partial charge in [-0.25, -0.2) is 0 Å². The lowest BCUT2D eigenvalue weighted by Crippen LogP contribution is -2.44. The number of benzene rings is 4. The second-order valence-electron chi connectivity index (χ2n) is 11.8. The van der Waals surface area contributed by atoms with Gasteiger partial charge in [-0.15, -0.1) is 0 Å². The van der Waals surface area contributed by atoms with Crippen LogP contribution in [0, 0.1) is 22.7 Å². The summed E-state index contributed by atoms with van der Waals surface area (Å²) in [5, 5.41) is 14.0. The molecule has 1 heterocycles. The van der Waals surface area contributed by atoms with Crippen molar-refractivity contribution in [2.75, 3.05) is 19.6 Å². The molecule has 4 heteroatoms. The van der Waals surface area contributed by atoms with Crippen LogP contribution >= 0.6 is 7.05 Å². The summed E-state index contributed by atoms with van der Waals surface area (Å²) in [5.74, 6) is 0.381. The quantitative estimate of drug-likeness (QED) is 0.160. The van der Waals surface area contributed by atoms with Crippen LogP contribution in [0.5, 0.6) is 0 Å². The Kier molecular flexibility index (Phi) is 10.5. The first kappa shape index (κ1) is 30.0. The minimum atomic E-state index is -2.27. The van der Waals surface area contributed by atoms with Gasteiger partial charge in [0.1, 0.15) is 0 Å². The second kappa shape index (κ2) is 14.6. The zero-order valence-electron chi connectivity index (χ0n) is 25.0. The smallest absolute Gasteiger partial charge is 0.0627 e. The van der Waals surface area contributed by atoms with Crippen LogP contribution in [-0.4, -0.2) is 24.5 Å². The van der Waals surface area contributed by atoms with Crippen LogP contribution in [0.1, 0.15) is 51.0 Å². The summed E-state index contributed by atoms with van der Waals surface area (Å²) in [6.45, 7) is 6.12. The van der Waals surface area contributed by atoms with Gasteiger partial charge in [-0.3, -0.25) is 9.64 Å². The highest BCUT2D eigenvalue weighted by molar-refractivity contribution is 7.87. The molecule has 0 saturated carbocycles. The number of likely N-dealkylation sites (tertiary alicyclic amines) is 1. The van der Waals surface area contributed by atoms with Crippen molar-refractivity contribution >= 4 is 23.0 Å². The van der Waals surface area contributed by atoms with Crippen LogP contribution in [0.4, 0.5) is 0 Å². The van der Waals surface area contributed by atoms with Crippen molar-refractivity contribution in [1.29, 1.82) is 5.26 Å². The molecule has 1 saturated heterocycles. The van der Waals surface area contributed by atoms with E-state index in [0.29, 0.717) is 12.3 Å². The summed E-state index contributed by atoms with van der Waals surface area (Å²) in [7, 11) is -2.27. The fraction of sp³-hybridized carbons (Fsp3) is 0.342. The molecule has 1 unspecified atom stereocenters. The molecule has 4 aromatic rings. The highest BCUT2D eigenvalue weighted by atomic mass is 31.2. The summed E-state index contributed by atoms with van der Waals surface area (Å²) < 4.78 is 5.90. The molecule has 0 aromatic heterocycles. The molecule has 1 aliphatic rings. The summed E-state index contributed by atoms with van der Waals surface area (Å²) in [4.78, 5) is 2.58. The average molecular weight is 574 g/mol. The number of rotatable bonds is 12. The predicted molar refractivity (Wildman–Crippen MR) is 179 cm³/mol. The molecule has 5 rings (SSSR count). The second-order valence-corrected chi connectivity index (χ2v) is 14.9. The van der Waals surface area contributed by atoms with Gasteiger partial charge < -0.3 is 0 Å². The largest absolute Gasteiger partial charge is 0.299 e. The molecule has 0 radical (unpaired) electrons. The number of unbranched alkanes of at least 4 members (excludes halogenated alkanes) is 1. The Balaban J connectivity index is 1.54. The van der Waals surface area contributed by atoms with Gasteiger partial charge in [0, 0.05) is 35.4 Å². The predicted octanol–water partition coefficient (Wildman–Crippen LogP) is 8.17. The van der Waals surface area contributed by atoms with Gasteiger partial charge in [0.2, 0.25) is 0 Å². The van der Waals surface area contributed by atoms with E-state index in [-0.39, 0.29) is 5.41 Å². The first-order valence-corrected chi connectivity index (χ1v) is 17.3. The maximum Gasteiger partial charge on any atom is 0.0627 e. The van der Waals surface area contributed by atoms with E-state index in [2.05, 4.69) is 139 Å². The fourth-order valence-corrected chi connectivity index (χ4v) is 10.4.